The van der Waals surface area contributed by atoms with Crippen molar-refractivity contribution in [2.24, 2.45) is 0 Å². The number of fused-ring (bicyclic) bond motifs is 1. The average molecular weight is 435 g/mol. The molecule has 0 saturated carbocycles. The van der Waals surface area contributed by atoms with Crippen molar-refractivity contribution >= 4 is 50.2 Å². The van der Waals surface area contributed by atoms with Gasteiger partial charge in [0.25, 0.3) is 5.56 Å². The number of nitrogens with one attached hydrogen (secondary N) is 1. The van der Waals surface area contributed by atoms with E-state index in [0.29, 0.717) is 27.3 Å². The third-order valence-corrected chi connectivity index (χ3v) is 5.60. The van der Waals surface area contributed by atoms with E-state index in [1.165, 1.54) is 7.11 Å². The number of hydrogen-bond acceptors (Lipinski definition) is 7. The number of benzene rings is 1. The summed E-state index contributed by atoms with van der Waals surface area (Å²) in [6, 6.07) is 7.28. The minimum absolute atomic E-state index is 0.133. The molecule has 0 atom stereocenters. The Bertz CT molecular complexity index is 1120. The number of ether oxygens (including phenoxy) is 3. The van der Waals surface area contributed by atoms with Gasteiger partial charge in [0.15, 0.2) is 5.82 Å². The zero-order chi connectivity index (χ0) is 21.0. The number of halogens is 1. The van der Waals surface area contributed by atoms with Crippen molar-refractivity contribution < 1.29 is 19.0 Å². The van der Waals surface area contributed by atoms with E-state index in [0.717, 1.165) is 22.6 Å². The maximum absolute atomic E-state index is 12.6. The molecule has 2 aromatic heterocycles. The first-order chi connectivity index (χ1) is 13.9. The van der Waals surface area contributed by atoms with Crippen LogP contribution >= 0.6 is 22.9 Å². The number of nitrogens with zero attached hydrogens (tertiary/aromatic N) is 1. The fourth-order valence-corrected chi connectivity index (χ4v) is 3.94. The maximum atomic E-state index is 12.6. The van der Waals surface area contributed by atoms with Gasteiger partial charge in [-0.05, 0) is 36.3 Å². The number of carbonyl (C=O) groups is 1. The van der Waals surface area contributed by atoms with Crippen LogP contribution < -0.4 is 10.3 Å². The third-order valence-electron chi connectivity index (χ3n) is 4.14. The van der Waals surface area contributed by atoms with Crippen LogP contribution in [0, 0.1) is 6.92 Å². The lowest BCUT2D eigenvalue weighted by Crippen LogP contribution is -2.11. The Balaban J connectivity index is 1.95. The number of thiophene rings is 1. The molecule has 0 amide bonds. The van der Waals surface area contributed by atoms with Gasteiger partial charge in [-0.3, -0.25) is 4.79 Å². The topological polar surface area (TPSA) is 90.5 Å². The second-order valence-electron chi connectivity index (χ2n) is 6.05. The summed E-state index contributed by atoms with van der Waals surface area (Å²) in [6.45, 7) is 2.12. The van der Waals surface area contributed by atoms with E-state index >= 15 is 0 Å². The molecular formula is C20H19ClN2O5S. The largest absolute Gasteiger partial charge is 0.497 e. The number of aryl methyl sites for hydroxylation is 1. The van der Waals surface area contributed by atoms with E-state index in [4.69, 9.17) is 25.8 Å². The van der Waals surface area contributed by atoms with Gasteiger partial charge in [-0.1, -0.05) is 23.7 Å². The highest BCUT2D eigenvalue weighted by molar-refractivity contribution is 7.20. The molecule has 0 aliphatic heterocycles. The van der Waals surface area contributed by atoms with E-state index in [1.54, 1.807) is 32.2 Å². The van der Waals surface area contributed by atoms with Crippen molar-refractivity contribution in [2.75, 3.05) is 27.4 Å². The van der Waals surface area contributed by atoms with Crippen LogP contribution in [0.1, 0.15) is 26.6 Å². The van der Waals surface area contributed by atoms with Crippen LogP contribution in [-0.4, -0.2) is 43.4 Å². The van der Waals surface area contributed by atoms with E-state index in [2.05, 4.69) is 9.97 Å². The summed E-state index contributed by atoms with van der Waals surface area (Å²) in [6.07, 6.45) is 1.69. The van der Waals surface area contributed by atoms with Gasteiger partial charge in [-0.2, -0.15) is 0 Å². The Morgan fingerprint density at radius 3 is 2.62 bits per heavy atom. The Morgan fingerprint density at radius 2 is 1.97 bits per heavy atom. The molecule has 0 spiro atoms. The van der Waals surface area contributed by atoms with Crippen molar-refractivity contribution in [3.05, 3.63) is 56.4 Å². The number of aromatic nitrogens is 2. The number of hydrogen-bond donors (Lipinski definition) is 1. The SMILES string of the molecule is COCCOC(=O)c1sc2nc(/C(Cl)=C/c3ccc(OC)cc3)[nH]c(=O)c2c1C. The van der Waals surface area contributed by atoms with E-state index in [9.17, 15) is 9.59 Å². The lowest BCUT2D eigenvalue weighted by molar-refractivity contribution is 0.0393. The Kier molecular flexibility index (Phi) is 6.68. The smallest absolute Gasteiger partial charge is 0.348 e. The number of esters is 1. The van der Waals surface area contributed by atoms with Crippen LogP contribution in [-0.2, 0) is 9.47 Å². The molecule has 0 fully saturated rings. The number of aromatic amines is 1. The van der Waals surface area contributed by atoms with Gasteiger partial charge in [0.1, 0.15) is 22.1 Å². The molecular weight excluding hydrogens is 416 g/mol. The van der Waals surface area contributed by atoms with Crippen molar-refractivity contribution in [3.8, 4) is 5.75 Å². The Hall–Kier alpha value is -2.68. The first-order valence-corrected chi connectivity index (χ1v) is 9.85. The molecule has 29 heavy (non-hydrogen) atoms. The van der Waals surface area contributed by atoms with Gasteiger partial charge in [-0.25, -0.2) is 9.78 Å². The number of H-pyrrole nitrogens is 1. The standard InChI is InChI=1S/C20H19ClN2O5S/c1-11-15-18(24)22-17(14(21)10-12-4-6-13(27-3)7-5-12)23-19(15)29-16(11)20(25)28-9-8-26-2/h4-7,10H,8-9H2,1-3H3,(H,22,23,24)/b14-10-. The number of carbonyl (C=O) groups excluding carboxylic acids is 1. The van der Waals surface area contributed by atoms with E-state index in [-0.39, 0.29) is 23.0 Å². The molecule has 9 heteroatoms. The first-order valence-electron chi connectivity index (χ1n) is 8.65. The molecule has 1 aromatic carbocycles. The average Bonchev–Trinajstić information content (AvgIpc) is 3.05. The normalized spacial score (nSPS) is 11.7. The zero-order valence-electron chi connectivity index (χ0n) is 16.1. The minimum atomic E-state index is -0.511. The monoisotopic (exact) mass is 434 g/mol. The Labute approximate surface area is 175 Å². The number of methoxy groups -OCH3 is 2. The molecule has 3 aromatic rings. The quantitative estimate of drug-likeness (QED) is 0.448. The third kappa shape index (κ3) is 4.67. The zero-order valence-corrected chi connectivity index (χ0v) is 17.6. The molecule has 3 rings (SSSR count). The molecule has 0 aliphatic carbocycles. The highest BCUT2D eigenvalue weighted by Gasteiger charge is 2.21. The summed E-state index contributed by atoms with van der Waals surface area (Å²) >= 11 is 7.47. The summed E-state index contributed by atoms with van der Waals surface area (Å²) in [5, 5.41) is 0.621. The van der Waals surface area contributed by atoms with Gasteiger partial charge < -0.3 is 19.2 Å². The van der Waals surface area contributed by atoms with Gasteiger partial charge in [0, 0.05) is 7.11 Å². The molecule has 7 nitrogen and oxygen atoms in total. The van der Waals surface area contributed by atoms with Crippen LogP contribution in [0.3, 0.4) is 0 Å². The lowest BCUT2D eigenvalue weighted by atomic mass is 10.2. The molecule has 2 heterocycles. The first kappa shape index (κ1) is 21.0. The molecule has 0 bridgehead atoms. The maximum Gasteiger partial charge on any atom is 0.348 e. The van der Waals surface area contributed by atoms with Crippen LogP contribution in [0.4, 0.5) is 0 Å². The second-order valence-corrected chi connectivity index (χ2v) is 7.45. The highest BCUT2D eigenvalue weighted by atomic mass is 35.5. The van der Waals surface area contributed by atoms with Crippen molar-refractivity contribution in [1.82, 2.24) is 9.97 Å². The van der Waals surface area contributed by atoms with Crippen LogP contribution in [0.15, 0.2) is 29.1 Å². The van der Waals surface area contributed by atoms with Gasteiger partial charge in [0.2, 0.25) is 0 Å². The predicted molar refractivity (Wildman–Crippen MR) is 114 cm³/mol. The Morgan fingerprint density at radius 1 is 1.24 bits per heavy atom. The summed E-state index contributed by atoms with van der Waals surface area (Å²) in [4.78, 5) is 32.7. The summed E-state index contributed by atoms with van der Waals surface area (Å²) in [7, 11) is 3.11. The molecule has 0 radical (unpaired) electrons. The van der Waals surface area contributed by atoms with Crippen LogP contribution in [0.2, 0.25) is 0 Å². The summed E-state index contributed by atoms with van der Waals surface area (Å²) < 4.78 is 15.2. The van der Waals surface area contributed by atoms with Crippen LogP contribution in [0.25, 0.3) is 21.3 Å². The van der Waals surface area contributed by atoms with Crippen molar-refractivity contribution in [3.63, 3.8) is 0 Å². The van der Waals surface area contributed by atoms with Gasteiger partial charge in [0.05, 0.1) is 24.1 Å². The molecule has 152 valence electrons. The molecule has 1 N–H and O–H groups in total. The van der Waals surface area contributed by atoms with Crippen molar-refractivity contribution in [2.45, 2.75) is 6.92 Å². The fourth-order valence-electron chi connectivity index (χ4n) is 2.65. The summed E-state index contributed by atoms with van der Waals surface area (Å²) in [5.74, 6) is 0.439. The van der Waals surface area contributed by atoms with Crippen molar-refractivity contribution in [1.29, 1.82) is 0 Å². The second kappa shape index (κ2) is 9.21. The summed E-state index contributed by atoms with van der Waals surface area (Å²) in [5.41, 5.74) is 0.988. The molecule has 0 aliphatic rings. The highest BCUT2D eigenvalue weighted by Crippen LogP contribution is 2.29. The lowest BCUT2D eigenvalue weighted by Gasteiger charge is -2.02. The van der Waals surface area contributed by atoms with Gasteiger partial charge in [-0.15, -0.1) is 11.3 Å². The fraction of sp³-hybridized carbons (Fsp3) is 0.250. The van der Waals surface area contributed by atoms with Gasteiger partial charge >= 0.3 is 5.97 Å². The number of rotatable bonds is 7. The van der Waals surface area contributed by atoms with E-state index in [1.807, 2.05) is 12.1 Å². The molecule has 0 saturated heterocycles. The predicted octanol–water partition coefficient (Wildman–Crippen LogP) is 3.84. The van der Waals surface area contributed by atoms with Crippen LogP contribution in [0.5, 0.6) is 5.75 Å². The molecule has 0 unspecified atom stereocenters. The minimum Gasteiger partial charge on any atom is -0.497 e. The van der Waals surface area contributed by atoms with E-state index < -0.39 is 5.97 Å².